The highest BCUT2D eigenvalue weighted by Crippen LogP contribution is 2.30. The van der Waals surface area contributed by atoms with Gasteiger partial charge in [0.2, 0.25) is 11.7 Å². The minimum absolute atomic E-state index is 0.0162. The predicted octanol–water partition coefficient (Wildman–Crippen LogP) is 1.90. The van der Waals surface area contributed by atoms with Crippen LogP contribution in [0.1, 0.15) is 29.4 Å². The average molecular weight is 300 g/mol. The summed E-state index contributed by atoms with van der Waals surface area (Å²) in [6.45, 7) is 1.68. The van der Waals surface area contributed by atoms with Crippen molar-refractivity contribution in [2.45, 2.75) is 32.4 Å². The first kappa shape index (κ1) is 14.2. The van der Waals surface area contributed by atoms with Crippen molar-refractivity contribution in [3.63, 3.8) is 0 Å². The third-order valence-corrected chi connectivity index (χ3v) is 3.93. The Labute approximate surface area is 127 Å². The standard InChI is InChI=1S/C15H16N4O3/c1-10-16-14(19(21)22)8-18(10)9-15(20)17-13-7-6-11-4-2-3-5-12(11)13/h2-5,8,13H,6-7,9H2,1H3,(H,17,20)/t13-/m1/s1. The lowest BCUT2D eigenvalue weighted by Gasteiger charge is -2.14. The molecule has 1 aromatic carbocycles. The summed E-state index contributed by atoms with van der Waals surface area (Å²) < 4.78 is 1.49. The maximum absolute atomic E-state index is 12.2. The van der Waals surface area contributed by atoms with Crippen molar-refractivity contribution in [2.24, 2.45) is 0 Å². The first-order chi connectivity index (χ1) is 10.5. The molecule has 3 rings (SSSR count). The van der Waals surface area contributed by atoms with Gasteiger partial charge in [-0.05, 0) is 33.9 Å². The molecule has 1 heterocycles. The molecule has 0 unspecified atom stereocenters. The molecular formula is C15H16N4O3. The van der Waals surface area contributed by atoms with E-state index < -0.39 is 4.92 Å². The molecule has 1 aliphatic carbocycles. The topological polar surface area (TPSA) is 90.1 Å². The predicted molar refractivity (Wildman–Crippen MR) is 79.3 cm³/mol. The molecule has 0 radical (unpaired) electrons. The Morgan fingerprint density at radius 2 is 2.27 bits per heavy atom. The van der Waals surface area contributed by atoms with E-state index in [1.54, 1.807) is 6.92 Å². The van der Waals surface area contributed by atoms with Gasteiger partial charge in [-0.2, -0.15) is 0 Å². The van der Waals surface area contributed by atoms with Crippen LogP contribution in [0.25, 0.3) is 0 Å². The summed E-state index contributed by atoms with van der Waals surface area (Å²) in [5.41, 5.74) is 2.42. The largest absolute Gasteiger partial charge is 0.381 e. The Hall–Kier alpha value is -2.70. The van der Waals surface area contributed by atoms with Crippen LogP contribution in [0, 0.1) is 17.0 Å². The number of fused-ring (bicyclic) bond motifs is 1. The van der Waals surface area contributed by atoms with Crippen molar-refractivity contribution in [3.8, 4) is 0 Å². The van der Waals surface area contributed by atoms with Gasteiger partial charge in [0.15, 0.2) is 0 Å². The van der Waals surface area contributed by atoms with E-state index in [1.807, 2.05) is 18.2 Å². The van der Waals surface area contributed by atoms with Crippen LogP contribution in [0.5, 0.6) is 0 Å². The van der Waals surface area contributed by atoms with Gasteiger partial charge >= 0.3 is 5.82 Å². The summed E-state index contributed by atoms with van der Waals surface area (Å²) in [5, 5.41) is 13.7. The third-order valence-electron chi connectivity index (χ3n) is 3.93. The van der Waals surface area contributed by atoms with Crippen molar-refractivity contribution in [2.75, 3.05) is 0 Å². The van der Waals surface area contributed by atoms with Crippen molar-refractivity contribution in [1.82, 2.24) is 14.9 Å². The molecule has 1 aliphatic rings. The van der Waals surface area contributed by atoms with Gasteiger partial charge < -0.3 is 15.4 Å². The first-order valence-corrected chi connectivity index (χ1v) is 7.10. The van der Waals surface area contributed by atoms with Gasteiger partial charge in [0, 0.05) is 6.92 Å². The van der Waals surface area contributed by atoms with E-state index in [-0.39, 0.29) is 24.3 Å². The quantitative estimate of drug-likeness (QED) is 0.689. The number of carbonyl (C=O) groups excluding carboxylic acids is 1. The second-order valence-electron chi connectivity index (χ2n) is 5.39. The molecule has 2 aromatic rings. The molecule has 7 heteroatoms. The zero-order chi connectivity index (χ0) is 15.7. The second-order valence-corrected chi connectivity index (χ2v) is 5.39. The summed E-state index contributed by atoms with van der Waals surface area (Å²) in [5.74, 6) is 0.0438. The Morgan fingerprint density at radius 3 is 3.00 bits per heavy atom. The fourth-order valence-electron chi connectivity index (χ4n) is 2.84. The van der Waals surface area contributed by atoms with Crippen molar-refractivity contribution in [1.29, 1.82) is 0 Å². The lowest BCUT2D eigenvalue weighted by Crippen LogP contribution is -2.30. The normalized spacial score (nSPS) is 16.3. The fraction of sp³-hybridized carbons (Fsp3) is 0.333. The zero-order valence-electron chi connectivity index (χ0n) is 12.2. The van der Waals surface area contributed by atoms with Crippen LogP contribution in [0.15, 0.2) is 30.5 Å². The van der Waals surface area contributed by atoms with E-state index in [0.717, 1.165) is 18.4 Å². The van der Waals surface area contributed by atoms with Crippen LogP contribution in [0.4, 0.5) is 5.82 Å². The van der Waals surface area contributed by atoms with Crippen molar-refractivity contribution in [3.05, 3.63) is 57.5 Å². The van der Waals surface area contributed by atoms with E-state index in [1.165, 1.54) is 16.3 Å². The van der Waals surface area contributed by atoms with Gasteiger partial charge in [0.05, 0.1) is 6.04 Å². The number of nitro groups is 1. The van der Waals surface area contributed by atoms with Gasteiger partial charge in [0.1, 0.15) is 12.7 Å². The number of nitrogens with one attached hydrogen (secondary N) is 1. The highest BCUT2D eigenvalue weighted by Gasteiger charge is 2.24. The number of rotatable bonds is 4. The number of aromatic nitrogens is 2. The molecule has 1 amide bonds. The Kier molecular flexibility index (Phi) is 3.62. The highest BCUT2D eigenvalue weighted by molar-refractivity contribution is 5.76. The van der Waals surface area contributed by atoms with E-state index in [4.69, 9.17) is 0 Å². The molecule has 0 spiro atoms. The monoisotopic (exact) mass is 300 g/mol. The van der Waals surface area contributed by atoms with Crippen molar-refractivity contribution >= 4 is 11.7 Å². The number of benzene rings is 1. The lowest BCUT2D eigenvalue weighted by molar-refractivity contribution is -0.389. The maximum Gasteiger partial charge on any atom is 0.381 e. The minimum Gasteiger partial charge on any atom is -0.358 e. The van der Waals surface area contributed by atoms with E-state index in [0.29, 0.717) is 5.82 Å². The van der Waals surface area contributed by atoms with Gasteiger partial charge in [-0.3, -0.25) is 9.36 Å². The number of hydrogen-bond acceptors (Lipinski definition) is 4. The Morgan fingerprint density at radius 1 is 1.50 bits per heavy atom. The molecule has 0 saturated carbocycles. The fourth-order valence-corrected chi connectivity index (χ4v) is 2.84. The minimum atomic E-state index is -0.561. The molecule has 1 aromatic heterocycles. The maximum atomic E-state index is 12.2. The molecule has 1 N–H and O–H groups in total. The average Bonchev–Trinajstić information content (AvgIpc) is 3.04. The lowest BCUT2D eigenvalue weighted by atomic mass is 10.1. The van der Waals surface area contributed by atoms with Crippen LogP contribution < -0.4 is 5.32 Å². The number of hydrogen-bond donors (Lipinski definition) is 1. The number of carbonyl (C=O) groups is 1. The number of imidazole rings is 1. The highest BCUT2D eigenvalue weighted by atomic mass is 16.6. The van der Waals surface area contributed by atoms with Gasteiger partial charge in [0.25, 0.3) is 0 Å². The molecule has 22 heavy (non-hydrogen) atoms. The van der Waals surface area contributed by atoms with Crippen LogP contribution >= 0.6 is 0 Å². The second kappa shape index (κ2) is 5.59. The summed E-state index contributed by atoms with van der Waals surface area (Å²) >= 11 is 0. The van der Waals surface area contributed by atoms with Gasteiger partial charge in [-0.25, -0.2) is 0 Å². The molecule has 7 nitrogen and oxygen atoms in total. The summed E-state index contributed by atoms with van der Waals surface area (Å²) in [6.07, 6.45) is 3.13. The van der Waals surface area contributed by atoms with Gasteiger partial charge in [-0.15, -0.1) is 0 Å². The van der Waals surface area contributed by atoms with E-state index >= 15 is 0 Å². The van der Waals surface area contributed by atoms with Crippen LogP contribution in [0.2, 0.25) is 0 Å². The number of aryl methyl sites for hydroxylation is 2. The van der Waals surface area contributed by atoms with E-state index in [2.05, 4.69) is 16.4 Å². The van der Waals surface area contributed by atoms with Crippen LogP contribution in [-0.2, 0) is 17.8 Å². The molecule has 1 atom stereocenters. The summed E-state index contributed by atoms with van der Waals surface area (Å²) in [4.78, 5) is 26.1. The molecular weight excluding hydrogens is 284 g/mol. The molecule has 114 valence electrons. The van der Waals surface area contributed by atoms with Gasteiger partial charge in [-0.1, -0.05) is 24.3 Å². The number of nitrogens with zero attached hydrogens (tertiary/aromatic N) is 3. The van der Waals surface area contributed by atoms with Crippen LogP contribution in [-0.4, -0.2) is 20.4 Å². The number of amides is 1. The molecule has 0 fully saturated rings. The summed E-state index contributed by atoms with van der Waals surface area (Å²) in [6, 6.07) is 8.08. The van der Waals surface area contributed by atoms with Crippen molar-refractivity contribution < 1.29 is 9.72 Å². The Bertz CT molecular complexity index is 738. The third kappa shape index (κ3) is 2.69. The van der Waals surface area contributed by atoms with Crippen LogP contribution in [0.3, 0.4) is 0 Å². The summed E-state index contributed by atoms with van der Waals surface area (Å²) in [7, 11) is 0. The molecule has 0 aliphatic heterocycles. The molecule has 0 bridgehead atoms. The zero-order valence-corrected chi connectivity index (χ0v) is 12.2. The smallest absolute Gasteiger partial charge is 0.358 e. The SMILES string of the molecule is Cc1nc([N+](=O)[O-])cn1CC(=O)N[C@@H]1CCc2ccccc21. The van der Waals surface area contributed by atoms with E-state index in [9.17, 15) is 14.9 Å². The Balaban J connectivity index is 1.68. The molecule has 0 saturated heterocycles. The first-order valence-electron chi connectivity index (χ1n) is 7.10.